The number of aromatic nitrogens is 4. The van der Waals surface area contributed by atoms with Crippen molar-refractivity contribution in [3.05, 3.63) is 53.3 Å². The number of hydrogen-bond donors (Lipinski definition) is 0. The number of fused-ring (bicyclic) bond motifs is 1. The van der Waals surface area contributed by atoms with Crippen LogP contribution in [0.4, 0.5) is 14.5 Å². The molecule has 3 aromatic rings. The fraction of sp³-hybridized carbons (Fsp3) is 0.400. The molecule has 1 aliphatic heterocycles. The van der Waals surface area contributed by atoms with E-state index in [1.807, 2.05) is 6.92 Å². The molecule has 0 spiro atoms. The van der Waals surface area contributed by atoms with Crippen molar-refractivity contribution in [3.63, 3.8) is 0 Å². The molecule has 0 amide bonds. The van der Waals surface area contributed by atoms with Crippen LogP contribution in [0.3, 0.4) is 0 Å². The molecular weight excluding hydrogens is 364 g/mol. The van der Waals surface area contributed by atoms with Crippen molar-refractivity contribution in [1.82, 2.24) is 20.3 Å². The maximum Gasteiger partial charge on any atom is 0.238 e. The summed E-state index contributed by atoms with van der Waals surface area (Å²) in [6.07, 6.45) is 0.710. The lowest BCUT2D eigenvalue weighted by molar-refractivity contribution is 0.298. The average molecular weight is 385 g/mol. The maximum atomic E-state index is 14.3. The predicted molar refractivity (Wildman–Crippen MR) is 100.0 cm³/mol. The Morgan fingerprint density at radius 3 is 2.50 bits per heavy atom. The van der Waals surface area contributed by atoms with Crippen molar-refractivity contribution in [2.24, 2.45) is 0 Å². The Kier molecular flexibility index (Phi) is 4.36. The largest absolute Gasteiger partial charge is 0.367 e. The van der Waals surface area contributed by atoms with Crippen LogP contribution in [0.15, 0.2) is 28.8 Å². The van der Waals surface area contributed by atoms with E-state index in [-0.39, 0.29) is 17.3 Å². The molecule has 1 aliphatic rings. The summed E-state index contributed by atoms with van der Waals surface area (Å²) in [4.78, 5) is 6.55. The van der Waals surface area contributed by atoms with Crippen molar-refractivity contribution in [2.45, 2.75) is 45.6 Å². The highest BCUT2D eigenvalue weighted by atomic mass is 19.1. The van der Waals surface area contributed by atoms with E-state index in [1.54, 1.807) is 13.0 Å². The van der Waals surface area contributed by atoms with Gasteiger partial charge in [0, 0.05) is 12.6 Å². The van der Waals surface area contributed by atoms with Gasteiger partial charge >= 0.3 is 0 Å². The van der Waals surface area contributed by atoms with E-state index in [2.05, 4.69) is 39.1 Å². The molecule has 1 atom stereocenters. The molecule has 6 nitrogen and oxygen atoms in total. The fourth-order valence-corrected chi connectivity index (χ4v) is 3.71. The zero-order chi connectivity index (χ0) is 20.1. The Morgan fingerprint density at radius 2 is 1.89 bits per heavy atom. The van der Waals surface area contributed by atoms with Gasteiger partial charge in [-0.25, -0.2) is 8.78 Å². The van der Waals surface area contributed by atoms with Gasteiger partial charge in [-0.3, -0.25) is 0 Å². The first-order chi connectivity index (χ1) is 13.3. The number of benzene rings is 1. The molecule has 3 heterocycles. The molecule has 0 radical (unpaired) electrons. The van der Waals surface area contributed by atoms with Crippen LogP contribution in [0.5, 0.6) is 0 Å². The third-order valence-electron chi connectivity index (χ3n) is 5.30. The molecule has 0 N–H and O–H groups in total. The lowest BCUT2D eigenvalue weighted by Crippen LogP contribution is -2.43. The normalized spacial score (nSPS) is 19.2. The SMILES string of the molecule is Cc1noc([C@@]2(C)CCN(C(C)C)c3cc(-c4c(F)cccc4F)nnc32)n1. The Bertz CT molecular complexity index is 1010. The van der Waals surface area contributed by atoms with Crippen molar-refractivity contribution in [2.75, 3.05) is 11.4 Å². The summed E-state index contributed by atoms with van der Waals surface area (Å²) in [5.41, 5.74) is 0.790. The molecule has 0 saturated heterocycles. The van der Waals surface area contributed by atoms with Gasteiger partial charge in [-0.2, -0.15) is 10.1 Å². The van der Waals surface area contributed by atoms with Crippen LogP contribution in [-0.4, -0.2) is 32.9 Å². The molecular formula is C20H21F2N5O. The molecule has 8 heteroatoms. The van der Waals surface area contributed by atoms with E-state index in [1.165, 1.54) is 18.2 Å². The summed E-state index contributed by atoms with van der Waals surface area (Å²) in [7, 11) is 0. The summed E-state index contributed by atoms with van der Waals surface area (Å²) in [5, 5.41) is 12.5. The number of nitrogens with zero attached hydrogens (tertiary/aromatic N) is 5. The second-order valence-corrected chi connectivity index (χ2v) is 7.58. The van der Waals surface area contributed by atoms with Gasteiger partial charge in [-0.05, 0) is 52.3 Å². The fourth-order valence-electron chi connectivity index (χ4n) is 3.71. The van der Waals surface area contributed by atoms with Gasteiger partial charge in [-0.1, -0.05) is 11.2 Å². The average Bonchev–Trinajstić information content (AvgIpc) is 3.09. The lowest BCUT2D eigenvalue weighted by Gasteiger charge is -2.40. The summed E-state index contributed by atoms with van der Waals surface area (Å²) in [6, 6.07) is 5.63. The smallest absolute Gasteiger partial charge is 0.238 e. The standard InChI is InChI=1S/C20H21F2N5O/c1-11(2)27-9-8-20(4,19-23-12(3)26-28-19)18-16(27)10-15(24-25-18)17-13(21)6-5-7-14(17)22/h5-7,10-11H,8-9H2,1-4H3/t20-/m0/s1. The van der Waals surface area contributed by atoms with Gasteiger partial charge < -0.3 is 9.42 Å². The van der Waals surface area contributed by atoms with E-state index in [4.69, 9.17) is 4.52 Å². The highest BCUT2D eigenvalue weighted by Gasteiger charge is 2.43. The molecule has 0 aliphatic carbocycles. The maximum absolute atomic E-state index is 14.3. The van der Waals surface area contributed by atoms with Crippen LogP contribution in [0.25, 0.3) is 11.3 Å². The minimum absolute atomic E-state index is 0.158. The van der Waals surface area contributed by atoms with Crippen molar-refractivity contribution < 1.29 is 13.3 Å². The van der Waals surface area contributed by atoms with Crippen LogP contribution in [0, 0.1) is 18.6 Å². The predicted octanol–water partition coefficient (Wildman–Crippen LogP) is 4.04. The van der Waals surface area contributed by atoms with E-state index in [0.717, 1.165) is 5.69 Å². The molecule has 146 valence electrons. The third kappa shape index (κ3) is 2.83. The topological polar surface area (TPSA) is 67.9 Å². The first-order valence-corrected chi connectivity index (χ1v) is 9.21. The molecule has 28 heavy (non-hydrogen) atoms. The molecule has 2 aromatic heterocycles. The number of anilines is 1. The van der Waals surface area contributed by atoms with E-state index < -0.39 is 17.0 Å². The zero-order valence-corrected chi connectivity index (χ0v) is 16.2. The number of halogens is 2. The van der Waals surface area contributed by atoms with Gasteiger partial charge in [0.15, 0.2) is 5.82 Å². The third-order valence-corrected chi connectivity index (χ3v) is 5.30. The summed E-state index contributed by atoms with van der Waals surface area (Å²) in [5.74, 6) is -0.330. The van der Waals surface area contributed by atoms with Gasteiger partial charge in [0.1, 0.15) is 23.0 Å². The summed E-state index contributed by atoms with van der Waals surface area (Å²) < 4.78 is 34.0. The second-order valence-electron chi connectivity index (χ2n) is 7.58. The van der Waals surface area contributed by atoms with Crippen molar-refractivity contribution in [3.8, 4) is 11.3 Å². The minimum Gasteiger partial charge on any atom is -0.367 e. The van der Waals surface area contributed by atoms with Crippen LogP contribution in [0.1, 0.15) is 44.6 Å². The van der Waals surface area contributed by atoms with Crippen LogP contribution in [-0.2, 0) is 5.41 Å². The highest BCUT2D eigenvalue weighted by molar-refractivity contribution is 5.68. The van der Waals surface area contributed by atoms with Gasteiger partial charge in [0.2, 0.25) is 5.89 Å². The number of hydrogen-bond acceptors (Lipinski definition) is 6. The quantitative estimate of drug-likeness (QED) is 0.678. The number of rotatable bonds is 3. The first kappa shape index (κ1) is 18.5. The molecule has 0 saturated carbocycles. The Labute approximate surface area is 161 Å². The molecule has 4 rings (SSSR count). The van der Waals surface area contributed by atoms with Gasteiger partial charge in [0.05, 0.1) is 16.7 Å². The Balaban J connectivity index is 1.91. The van der Waals surface area contributed by atoms with E-state index in [0.29, 0.717) is 30.4 Å². The van der Waals surface area contributed by atoms with Crippen LogP contribution in [0.2, 0.25) is 0 Å². The van der Waals surface area contributed by atoms with E-state index >= 15 is 0 Å². The van der Waals surface area contributed by atoms with Crippen molar-refractivity contribution in [1.29, 1.82) is 0 Å². The van der Waals surface area contributed by atoms with E-state index in [9.17, 15) is 8.78 Å². The molecule has 0 fully saturated rings. The summed E-state index contributed by atoms with van der Waals surface area (Å²) in [6.45, 7) is 8.58. The van der Waals surface area contributed by atoms with Gasteiger partial charge in [-0.15, -0.1) is 5.10 Å². The lowest BCUT2D eigenvalue weighted by atomic mass is 9.78. The molecule has 1 aromatic carbocycles. The van der Waals surface area contributed by atoms with Crippen LogP contribution >= 0.6 is 0 Å². The molecule has 0 unspecified atom stereocenters. The Morgan fingerprint density at radius 1 is 1.18 bits per heavy atom. The highest BCUT2D eigenvalue weighted by Crippen LogP contribution is 2.44. The van der Waals surface area contributed by atoms with Crippen LogP contribution < -0.4 is 4.90 Å². The zero-order valence-electron chi connectivity index (χ0n) is 16.2. The minimum atomic E-state index is -0.670. The summed E-state index contributed by atoms with van der Waals surface area (Å²) >= 11 is 0. The second kappa shape index (κ2) is 6.61. The number of aryl methyl sites for hydroxylation is 1. The first-order valence-electron chi connectivity index (χ1n) is 9.21. The Hall–Kier alpha value is -2.90. The van der Waals surface area contributed by atoms with Gasteiger partial charge in [0.25, 0.3) is 0 Å². The monoisotopic (exact) mass is 385 g/mol. The van der Waals surface area contributed by atoms with Crippen molar-refractivity contribution >= 4 is 5.69 Å². The molecule has 0 bridgehead atoms.